The highest BCUT2D eigenvalue weighted by molar-refractivity contribution is 6.22. The summed E-state index contributed by atoms with van der Waals surface area (Å²) in [6, 6.07) is 12.9. The Hall–Kier alpha value is -2.46. The highest BCUT2D eigenvalue weighted by atomic mass is 16.5. The molecule has 4 rings (SSSR count). The van der Waals surface area contributed by atoms with E-state index in [0.29, 0.717) is 41.9 Å². The first-order valence-corrected chi connectivity index (χ1v) is 9.83. The van der Waals surface area contributed by atoms with Gasteiger partial charge in [-0.2, -0.15) is 0 Å². The molecule has 4 nitrogen and oxygen atoms in total. The van der Waals surface area contributed by atoms with Gasteiger partial charge in [-0.15, -0.1) is 0 Å². The van der Waals surface area contributed by atoms with Crippen LogP contribution in [-0.2, 0) is 4.74 Å². The lowest BCUT2D eigenvalue weighted by Gasteiger charge is -2.28. The second kappa shape index (κ2) is 7.65. The molecule has 0 bridgehead atoms. The second-order valence-electron chi connectivity index (χ2n) is 7.56. The van der Waals surface area contributed by atoms with E-state index in [4.69, 9.17) is 4.74 Å². The highest BCUT2D eigenvalue weighted by Crippen LogP contribution is 2.36. The van der Waals surface area contributed by atoms with E-state index in [0.717, 1.165) is 17.5 Å². The number of fused-ring (bicyclic) bond motifs is 3. The molecule has 0 heterocycles. The lowest BCUT2D eigenvalue weighted by molar-refractivity contribution is -0.00293. The maximum absolute atomic E-state index is 12.6. The van der Waals surface area contributed by atoms with Crippen LogP contribution in [0.1, 0.15) is 58.9 Å². The van der Waals surface area contributed by atoms with Crippen molar-refractivity contribution in [1.82, 2.24) is 5.32 Å². The predicted molar refractivity (Wildman–Crippen MR) is 105 cm³/mol. The third-order valence-electron chi connectivity index (χ3n) is 5.74. The number of hydrogen-bond acceptors (Lipinski definition) is 3. The van der Waals surface area contributed by atoms with Crippen molar-refractivity contribution in [2.24, 2.45) is 5.92 Å². The van der Waals surface area contributed by atoms with Crippen molar-refractivity contribution in [3.8, 4) is 11.1 Å². The molecule has 2 aromatic carbocycles. The van der Waals surface area contributed by atoms with Crippen molar-refractivity contribution in [2.45, 2.75) is 38.7 Å². The second-order valence-corrected chi connectivity index (χ2v) is 7.56. The van der Waals surface area contributed by atoms with Crippen LogP contribution in [0.25, 0.3) is 11.1 Å². The number of hydrogen-bond donors (Lipinski definition) is 1. The number of carbonyl (C=O) groups is 2. The molecule has 2 aliphatic carbocycles. The van der Waals surface area contributed by atoms with E-state index in [-0.39, 0.29) is 11.7 Å². The standard InChI is InChI=1S/C23H25NO3/c1-15-6-2-5-9-21(15)27-13-12-24-23(26)16-10-11-18-17-7-3-4-8-19(17)22(25)20(18)14-16/h3-4,7-8,10-11,14-15,21H,2,5-6,9,12-13H2,1H3,(H,24,26). The summed E-state index contributed by atoms with van der Waals surface area (Å²) in [7, 11) is 0. The van der Waals surface area contributed by atoms with Gasteiger partial charge >= 0.3 is 0 Å². The van der Waals surface area contributed by atoms with Gasteiger partial charge in [-0.3, -0.25) is 9.59 Å². The highest BCUT2D eigenvalue weighted by Gasteiger charge is 2.27. The van der Waals surface area contributed by atoms with Gasteiger partial charge in [0.25, 0.3) is 5.91 Å². The van der Waals surface area contributed by atoms with Gasteiger partial charge in [0.2, 0.25) is 0 Å². The molecule has 1 saturated carbocycles. The molecular weight excluding hydrogens is 338 g/mol. The molecule has 0 aliphatic heterocycles. The minimum Gasteiger partial charge on any atom is -0.376 e. The van der Waals surface area contributed by atoms with Gasteiger partial charge in [-0.25, -0.2) is 0 Å². The average molecular weight is 363 g/mol. The molecule has 0 radical (unpaired) electrons. The smallest absolute Gasteiger partial charge is 0.251 e. The molecule has 0 spiro atoms. The molecule has 1 amide bonds. The molecule has 4 heteroatoms. The van der Waals surface area contributed by atoms with E-state index in [9.17, 15) is 9.59 Å². The SMILES string of the molecule is CC1CCCCC1OCCNC(=O)c1ccc2c(c1)C(=O)c1ccccc1-2. The normalized spacial score (nSPS) is 20.9. The summed E-state index contributed by atoms with van der Waals surface area (Å²) in [5.74, 6) is 0.422. The molecule has 0 aromatic heterocycles. The number of benzene rings is 2. The minimum absolute atomic E-state index is 0.00938. The van der Waals surface area contributed by atoms with Crippen LogP contribution >= 0.6 is 0 Å². The van der Waals surface area contributed by atoms with Crippen molar-refractivity contribution in [3.05, 3.63) is 59.2 Å². The number of amides is 1. The van der Waals surface area contributed by atoms with Gasteiger partial charge in [0, 0.05) is 23.2 Å². The molecule has 1 N–H and O–H groups in total. The maximum atomic E-state index is 12.6. The van der Waals surface area contributed by atoms with Crippen LogP contribution in [0.3, 0.4) is 0 Å². The maximum Gasteiger partial charge on any atom is 0.251 e. The van der Waals surface area contributed by atoms with Gasteiger partial charge in [-0.1, -0.05) is 50.1 Å². The molecule has 0 saturated heterocycles. The summed E-state index contributed by atoms with van der Waals surface area (Å²) >= 11 is 0. The molecule has 2 unspecified atom stereocenters. The monoisotopic (exact) mass is 363 g/mol. The fourth-order valence-electron chi connectivity index (χ4n) is 4.18. The van der Waals surface area contributed by atoms with Gasteiger partial charge in [0.1, 0.15) is 0 Å². The quantitative estimate of drug-likeness (QED) is 0.691. The Labute approximate surface area is 159 Å². The number of carbonyl (C=O) groups excluding carboxylic acids is 2. The number of rotatable bonds is 5. The van der Waals surface area contributed by atoms with Gasteiger partial charge in [0.15, 0.2) is 5.78 Å². The first-order chi connectivity index (χ1) is 13.1. The molecule has 1 fully saturated rings. The average Bonchev–Trinajstić information content (AvgIpc) is 2.98. The summed E-state index contributed by atoms with van der Waals surface area (Å²) in [6.07, 6.45) is 5.17. The van der Waals surface area contributed by atoms with Crippen LogP contribution < -0.4 is 5.32 Å². The van der Waals surface area contributed by atoms with Crippen molar-refractivity contribution >= 4 is 11.7 Å². The molecular formula is C23H25NO3. The molecule has 2 atom stereocenters. The van der Waals surface area contributed by atoms with Crippen molar-refractivity contribution in [3.63, 3.8) is 0 Å². The van der Waals surface area contributed by atoms with E-state index in [1.807, 2.05) is 30.3 Å². The Kier molecular flexibility index (Phi) is 5.08. The first kappa shape index (κ1) is 17.9. The molecule has 2 aromatic rings. The van der Waals surface area contributed by atoms with Gasteiger partial charge in [0.05, 0.1) is 12.7 Å². The topological polar surface area (TPSA) is 55.4 Å². The van der Waals surface area contributed by atoms with Crippen LogP contribution in [0, 0.1) is 5.92 Å². The van der Waals surface area contributed by atoms with Crippen molar-refractivity contribution in [1.29, 1.82) is 0 Å². The fraction of sp³-hybridized carbons (Fsp3) is 0.391. The van der Waals surface area contributed by atoms with Gasteiger partial charge < -0.3 is 10.1 Å². The van der Waals surface area contributed by atoms with E-state index in [2.05, 4.69) is 12.2 Å². The minimum atomic E-state index is -0.165. The third-order valence-corrected chi connectivity index (χ3v) is 5.74. The molecule has 2 aliphatic rings. The Morgan fingerprint density at radius 1 is 1.04 bits per heavy atom. The Morgan fingerprint density at radius 2 is 1.78 bits per heavy atom. The predicted octanol–water partition coefficient (Wildman–Crippen LogP) is 4.22. The number of nitrogens with one attached hydrogen (secondary N) is 1. The van der Waals surface area contributed by atoms with Crippen LogP contribution in [-0.4, -0.2) is 30.9 Å². The van der Waals surface area contributed by atoms with Crippen LogP contribution in [0.15, 0.2) is 42.5 Å². The van der Waals surface area contributed by atoms with Crippen LogP contribution in [0.2, 0.25) is 0 Å². The summed E-state index contributed by atoms with van der Waals surface area (Å²) in [4.78, 5) is 25.0. The summed E-state index contributed by atoms with van der Waals surface area (Å²) in [5, 5.41) is 2.91. The van der Waals surface area contributed by atoms with E-state index in [1.54, 1.807) is 12.1 Å². The zero-order valence-corrected chi connectivity index (χ0v) is 15.7. The summed E-state index contributed by atoms with van der Waals surface area (Å²) in [5.41, 5.74) is 3.68. The zero-order chi connectivity index (χ0) is 18.8. The Bertz CT molecular complexity index is 874. The Morgan fingerprint density at radius 3 is 2.59 bits per heavy atom. The first-order valence-electron chi connectivity index (χ1n) is 9.83. The van der Waals surface area contributed by atoms with E-state index >= 15 is 0 Å². The lowest BCUT2D eigenvalue weighted by atomic mass is 9.88. The zero-order valence-electron chi connectivity index (χ0n) is 15.7. The molecule has 27 heavy (non-hydrogen) atoms. The number of ether oxygens (including phenoxy) is 1. The third kappa shape index (κ3) is 3.54. The van der Waals surface area contributed by atoms with Crippen LogP contribution in [0.4, 0.5) is 0 Å². The molecule has 140 valence electrons. The Balaban J connectivity index is 1.36. The summed E-state index contributed by atoms with van der Waals surface area (Å²) < 4.78 is 5.95. The van der Waals surface area contributed by atoms with Crippen LogP contribution in [0.5, 0.6) is 0 Å². The fourth-order valence-corrected chi connectivity index (χ4v) is 4.18. The van der Waals surface area contributed by atoms with E-state index < -0.39 is 0 Å². The van der Waals surface area contributed by atoms with E-state index in [1.165, 1.54) is 19.3 Å². The largest absolute Gasteiger partial charge is 0.376 e. The van der Waals surface area contributed by atoms with Crippen molar-refractivity contribution < 1.29 is 14.3 Å². The summed E-state index contributed by atoms with van der Waals surface area (Å²) in [6.45, 7) is 3.24. The van der Waals surface area contributed by atoms with Gasteiger partial charge in [-0.05, 0) is 42.0 Å². The number of ketones is 1. The van der Waals surface area contributed by atoms with Crippen molar-refractivity contribution in [2.75, 3.05) is 13.2 Å². The lowest BCUT2D eigenvalue weighted by Crippen LogP contribution is -2.31.